The van der Waals surface area contributed by atoms with E-state index in [4.69, 9.17) is 0 Å². The molecule has 52 valence electrons. The summed E-state index contributed by atoms with van der Waals surface area (Å²) in [6, 6.07) is 0. The van der Waals surface area contributed by atoms with Gasteiger partial charge in [0.05, 0.1) is 0 Å². The highest BCUT2D eigenvalue weighted by Gasteiger charge is 2.23. The van der Waals surface area contributed by atoms with Crippen molar-refractivity contribution in [1.29, 1.82) is 0 Å². The predicted octanol–water partition coefficient (Wildman–Crippen LogP) is 2.70. The van der Waals surface area contributed by atoms with Crippen LogP contribution in [0.5, 0.6) is 0 Å². The zero-order chi connectivity index (χ0) is 6.85. The number of hydrogen-bond donors (Lipinski definition) is 0. The Hall–Kier alpha value is -0.330. The van der Waals surface area contributed by atoms with Crippen LogP contribution in [0, 0.1) is 5.92 Å². The molecule has 0 aliphatic heterocycles. The van der Waals surface area contributed by atoms with Gasteiger partial charge in [-0.05, 0) is 30.8 Å². The molecule has 0 nitrogen and oxygen atoms in total. The van der Waals surface area contributed by atoms with E-state index in [2.05, 4.69) is 6.58 Å². The van der Waals surface area contributed by atoms with E-state index in [9.17, 15) is 4.39 Å². The van der Waals surface area contributed by atoms with E-state index in [0.717, 1.165) is 24.8 Å². The molecule has 2 atom stereocenters. The molecule has 1 saturated carbocycles. The van der Waals surface area contributed by atoms with Crippen LogP contribution in [-0.2, 0) is 0 Å². The largest absolute Gasteiger partial charge is 0.242 e. The third-order valence-corrected chi connectivity index (χ3v) is 2.05. The fraction of sp³-hybridized carbons (Fsp3) is 0.750. The molecule has 1 heteroatoms. The first-order valence-electron chi connectivity index (χ1n) is 3.53. The average molecular weight is 128 g/mol. The fourth-order valence-corrected chi connectivity index (χ4v) is 1.34. The Bertz CT molecular complexity index is 118. The van der Waals surface area contributed by atoms with Crippen molar-refractivity contribution in [3.8, 4) is 0 Å². The van der Waals surface area contributed by atoms with Crippen LogP contribution in [0.3, 0.4) is 0 Å². The first-order chi connectivity index (χ1) is 4.22. The molecule has 0 bridgehead atoms. The van der Waals surface area contributed by atoms with E-state index in [0.29, 0.717) is 0 Å². The van der Waals surface area contributed by atoms with Crippen LogP contribution < -0.4 is 0 Å². The molecule has 0 heterocycles. The molecule has 1 rings (SSSR count). The molecule has 0 aromatic rings. The van der Waals surface area contributed by atoms with Crippen LogP contribution in [0.4, 0.5) is 4.39 Å². The maximum atomic E-state index is 12.9. The van der Waals surface area contributed by atoms with Gasteiger partial charge in [-0.3, -0.25) is 0 Å². The van der Waals surface area contributed by atoms with E-state index in [1.54, 1.807) is 0 Å². The normalized spacial score (nSPS) is 36.9. The van der Waals surface area contributed by atoms with Crippen LogP contribution in [0.2, 0.25) is 0 Å². The first-order valence-corrected chi connectivity index (χ1v) is 3.53. The maximum absolute atomic E-state index is 12.9. The molecule has 0 saturated heterocycles. The minimum Gasteiger partial charge on any atom is -0.242 e. The van der Waals surface area contributed by atoms with E-state index in [1.807, 2.05) is 6.92 Å². The van der Waals surface area contributed by atoms with E-state index in [-0.39, 0.29) is 5.92 Å². The van der Waals surface area contributed by atoms with Crippen molar-refractivity contribution < 1.29 is 4.39 Å². The highest BCUT2D eigenvalue weighted by molar-refractivity contribution is 5.06. The molecule has 0 spiro atoms. The lowest BCUT2D eigenvalue weighted by Crippen LogP contribution is -2.19. The second-order valence-corrected chi connectivity index (χ2v) is 2.93. The third-order valence-electron chi connectivity index (χ3n) is 2.05. The standard InChI is InChI=1S/C8H13F/c1-6-4-3-5-7(2)8(6)9/h7-8H,1,3-5H2,2H3. The van der Waals surface area contributed by atoms with Crippen molar-refractivity contribution in [2.45, 2.75) is 32.4 Å². The summed E-state index contributed by atoms with van der Waals surface area (Å²) in [5.74, 6) is 0.214. The SMILES string of the molecule is C=C1CCCC(C)C1F. The Balaban J connectivity index is 2.51. The van der Waals surface area contributed by atoms with E-state index < -0.39 is 6.17 Å². The zero-order valence-electron chi connectivity index (χ0n) is 5.86. The molecule has 0 radical (unpaired) electrons. The van der Waals surface area contributed by atoms with Crippen LogP contribution in [-0.4, -0.2) is 6.17 Å². The summed E-state index contributed by atoms with van der Waals surface area (Å²) in [7, 11) is 0. The average Bonchev–Trinajstić information content (AvgIpc) is 1.83. The van der Waals surface area contributed by atoms with E-state index >= 15 is 0 Å². The number of rotatable bonds is 0. The van der Waals surface area contributed by atoms with Gasteiger partial charge in [0, 0.05) is 0 Å². The monoisotopic (exact) mass is 128 g/mol. The molecule has 2 unspecified atom stereocenters. The Kier molecular flexibility index (Phi) is 1.89. The minimum atomic E-state index is -0.723. The molecule has 9 heavy (non-hydrogen) atoms. The van der Waals surface area contributed by atoms with Crippen molar-refractivity contribution in [2.24, 2.45) is 5.92 Å². The third kappa shape index (κ3) is 1.32. The van der Waals surface area contributed by atoms with Crippen LogP contribution >= 0.6 is 0 Å². The van der Waals surface area contributed by atoms with Crippen LogP contribution in [0.25, 0.3) is 0 Å². The van der Waals surface area contributed by atoms with Gasteiger partial charge in [-0.2, -0.15) is 0 Å². The highest BCUT2D eigenvalue weighted by atomic mass is 19.1. The van der Waals surface area contributed by atoms with Gasteiger partial charge < -0.3 is 0 Å². The van der Waals surface area contributed by atoms with Crippen molar-refractivity contribution >= 4 is 0 Å². The molecule has 1 aliphatic rings. The quantitative estimate of drug-likeness (QED) is 0.440. The molecular formula is C8H13F. The Morgan fingerprint density at radius 1 is 1.67 bits per heavy atom. The lowest BCUT2D eigenvalue weighted by molar-refractivity contribution is 0.237. The van der Waals surface area contributed by atoms with Gasteiger partial charge in [-0.15, -0.1) is 0 Å². The lowest BCUT2D eigenvalue weighted by atomic mass is 9.86. The molecule has 0 aromatic carbocycles. The number of alkyl halides is 1. The predicted molar refractivity (Wildman–Crippen MR) is 37.1 cm³/mol. The van der Waals surface area contributed by atoms with Gasteiger partial charge in [-0.25, -0.2) is 4.39 Å². The highest BCUT2D eigenvalue weighted by Crippen LogP contribution is 2.29. The summed E-state index contributed by atoms with van der Waals surface area (Å²) < 4.78 is 12.9. The van der Waals surface area contributed by atoms with Crippen LogP contribution in [0.15, 0.2) is 12.2 Å². The Labute approximate surface area is 55.8 Å². The molecular weight excluding hydrogens is 115 g/mol. The van der Waals surface area contributed by atoms with Crippen LogP contribution in [0.1, 0.15) is 26.2 Å². The van der Waals surface area contributed by atoms with Gasteiger partial charge in [0.1, 0.15) is 6.17 Å². The smallest absolute Gasteiger partial charge is 0.123 e. The summed E-state index contributed by atoms with van der Waals surface area (Å²) >= 11 is 0. The Morgan fingerprint density at radius 3 is 2.78 bits per heavy atom. The van der Waals surface area contributed by atoms with Crippen molar-refractivity contribution in [1.82, 2.24) is 0 Å². The summed E-state index contributed by atoms with van der Waals surface area (Å²) in [5.41, 5.74) is 0.800. The van der Waals surface area contributed by atoms with Gasteiger partial charge in [0.25, 0.3) is 0 Å². The van der Waals surface area contributed by atoms with Gasteiger partial charge in [0.15, 0.2) is 0 Å². The number of hydrogen-bond acceptors (Lipinski definition) is 0. The summed E-state index contributed by atoms with van der Waals surface area (Å²) in [4.78, 5) is 0. The zero-order valence-corrected chi connectivity index (χ0v) is 5.86. The second-order valence-electron chi connectivity index (χ2n) is 2.93. The second kappa shape index (κ2) is 2.51. The number of halogens is 1. The fourth-order valence-electron chi connectivity index (χ4n) is 1.34. The molecule has 0 N–H and O–H groups in total. The summed E-state index contributed by atoms with van der Waals surface area (Å²) in [5, 5.41) is 0. The van der Waals surface area contributed by atoms with Crippen molar-refractivity contribution in [3.05, 3.63) is 12.2 Å². The molecule has 1 aliphatic carbocycles. The van der Waals surface area contributed by atoms with Gasteiger partial charge >= 0.3 is 0 Å². The van der Waals surface area contributed by atoms with E-state index in [1.165, 1.54) is 0 Å². The van der Waals surface area contributed by atoms with Gasteiger partial charge in [0.2, 0.25) is 0 Å². The van der Waals surface area contributed by atoms with Crippen molar-refractivity contribution in [2.75, 3.05) is 0 Å². The van der Waals surface area contributed by atoms with Crippen molar-refractivity contribution in [3.63, 3.8) is 0 Å². The number of allylic oxidation sites excluding steroid dienone is 1. The topological polar surface area (TPSA) is 0 Å². The minimum absolute atomic E-state index is 0.214. The summed E-state index contributed by atoms with van der Waals surface area (Å²) in [6.45, 7) is 5.62. The summed E-state index contributed by atoms with van der Waals surface area (Å²) in [6.07, 6.45) is 2.32. The molecule has 1 fully saturated rings. The Morgan fingerprint density at radius 2 is 2.33 bits per heavy atom. The van der Waals surface area contributed by atoms with Gasteiger partial charge in [-0.1, -0.05) is 13.5 Å². The molecule has 0 aromatic heterocycles. The maximum Gasteiger partial charge on any atom is 0.123 e. The molecule has 0 amide bonds. The first kappa shape index (κ1) is 6.79. The lowest BCUT2D eigenvalue weighted by Gasteiger charge is -2.23.